The van der Waals surface area contributed by atoms with Crippen molar-refractivity contribution >= 4 is 46.4 Å². The maximum atomic E-state index is 6.73. The van der Waals surface area contributed by atoms with Crippen LogP contribution in [-0.2, 0) is 16.5 Å². The molecule has 3 aromatic heterocycles. The number of hydrogen-bond acceptors (Lipinski definition) is 4. The van der Waals surface area contributed by atoms with E-state index in [4.69, 9.17) is 29.4 Å². The average molecular weight is 731 g/mol. The van der Waals surface area contributed by atoms with E-state index in [0.717, 1.165) is 67.3 Å². The Morgan fingerprint density at radius 1 is 0.396 bits per heavy atom. The van der Waals surface area contributed by atoms with E-state index in [2.05, 4.69) is 24.3 Å². The van der Waals surface area contributed by atoms with E-state index in [9.17, 15) is 0 Å². The summed E-state index contributed by atoms with van der Waals surface area (Å²) >= 11 is 0. The maximum absolute atomic E-state index is 6.73. The van der Waals surface area contributed by atoms with Crippen LogP contribution in [0.1, 0.15) is 33.9 Å². The second kappa shape index (κ2) is 14.3. The number of benzene rings is 4. The van der Waals surface area contributed by atoms with Gasteiger partial charge in [0.15, 0.2) is 5.75 Å². The molecule has 0 fully saturated rings. The summed E-state index contributed by atoms with van der Waals surface area (Å²) in [6.45, 7) is 4.07. The van der Waals surface area contributed by atoms with Crippen LogP contribution in [0.3, 0.4) is 0 Å². The fourth-order valence-corrected chi connectivity index (χ4v) is 6.61. The van der Waals surface area contributed by atoms with Crippen molar-refractivity contribution in [2.75, 3.05) is 0 Å². The molecular formula is C46H32N4NiO2. The van der Waals surface area contributed by atoms with Gasteiger partial charge in [0.25, 0.3) is 0 Å². The summed E-state index contributed by atoms with van der Waals surface area (Å²) < 4.78 is 13.5. The molecular weight excluding hydrogens is 699 g/mol. The van der Waals surface area contributed by atoms with Gasteiger partial charge in [-0.3, -0.25) is 0 Å². The summed E-state index contributed by atoms with van der Waals surface area (Å²) in [6, 6.07) is 44.4. The van der Waals surface area contributed by atoms with Gasteiger partial charge in [-0.05, 0) is 83.7 Å². The molecule has 0 atom stereocenters. The van der Waals surface area contributed by atoms with Gasteiger partial charge in [0.05, 0.1) is 17.1 Å². The van der Waals surface area contributed by atoms with E-state index >= 15 is 0 Å². The number of aryl methyl sites for hydroxylation is 2. The summed E-state index contributed by atoms with van der Waals surface area (Å²) in [6.07, 6.45) is 8.03. The van der Waals surface area contributed by atoms with Crippen LogP contribution in [0.25, 0.3) is 68.6 Å². The van der Waals surface area contributed by atoms with Gasteiger partial charge in [0.1, 0.15) is 22.9 Å². The number of fused-ring (bicyclic) bond motifs is 8. The maximum Gasteiger partial charge on any atom is 2.00 e. The summed E-state index contributed by atoms with van der Waals surface area (Å²) in [7, 11) is 0. The third-order valence-corrected chi connectivity index (χ3v) is 9.25. The summed E-state index contributed by atoms with van der Waals surface area (Å²) in [5.74, 6) is 2.60. The smallest absolute Gasteiger partial charge is 0.654 e. The molecule has 7 heteroatoms. The van der Waals surface area contributed by atoms with E-state index in [1.54, 1.807) is 0 Å². The molecule has 5 heterocycles. The predicted octanol–water partition coefficient (Wildman–Crippen LogP) is 11.4. The second-order valence-corrected chi connectivity index (χ2v) is 12.7. The predicted molar refractivity (Wildman–Crippen MR) is 210 cm³/mol. The Labute approximate surface area is 317 Å². The van der Waals surface area contributed by atoms with Crippen molar-refractivity contribution in [1.82, 2.24) is 19.9 Å². The average Bonchev–Trinajstić information content (AvgIpc) is 4.02. The van der Waals surface area contributed by atoms with Gasteiger partial charge in [-0.2, -0.15) is 0 Å². The molecule has 0 unspecified atom stereocenters. The van der Waals surface area contributed by atoms with Gasteiger partial charge >= 0.3 is 16.5 Å². The van der Waals surface area contributed by atoms with Gasteiger partial charge in [0.2, 0.25) is 0 Å². The van der Waals surface area contributed by atoms with Crippen molar-refractivity contribution in [3.63, 3.8) is 0 Å². The molecule has 7 aromatic rings. The van der Waals surface area contributed by atoms with Crippen LogP contribution in [0, 0.1) is 13.8 Å². The summed E-state index contributed by atoms with van der Waals surface area (Å²) in [4.78, 5) is 20.9. The monoisotopic (exact) mass is 730 g/mol. The third kappa shape index (κ3) is 6.48. The number of hydrogen-bond donors (Lipinski definition) is 0. The van der Waals surface area contributed by atoms with Gasteiger partial charge in [-0.1, -0.05) is 132 Å². The van der Waals surface area contributed by atoms with E-state index in [-0.39, 0.29) is 16.5 Å². The first kappa shape index (κ1) is 33.7. The van der Waals surface area contributed by atoms with Crippen molar-refractivity contribution in [1.29, 1.82) is 0 Å². The van der Waals surface area contributed by atoms with Crippen LogP contribution in [0.2, 0.25) is 0 Å². The fraction of sp³-hybridized carbons (Fsp3) is 0.0435. The molecule has 0 spiro atoms. The van der Waals surface area contributed by atoms with Crippen LogP contribution >= 0.6 is 0 Å². The molecule has 4 aromatic carbocycles. The van der Waals surface area contributed by atoms with Crippen LogP contribution in [0.15, 0.2) is 133 Å². The molecule has 2 aliphatic heterocycles. The van der Waals surface area contributed by atoms with Crippen LogP contribution in [-0.4, -0.2) is 9.97 Å². The first-order valence-corrected chi connectivity index (χ1v) is 17.2. The van der Waals surface area contributed by atoms with Crippen LogP contribution in [0.5, 0.6) is 23.0 Å². The number of nitrogens with zero attached hydrogens (tertiary/aromatic N) is 4. The third-order valence-electron chi connectivity index (χ3n) is 9.25. The quantitative estimate of drug-likeness (QED) is 0.159. The second-order valence-electron chi connectivity index (χ2n) is 12.7. The van der Waals surface area contributed by atoms with Crippen molar-refractivity contribution in [3.8, 4) is 45.3 Å². The number of ether oxygens (including phenoxy) is 2. The fourth-order valence-electron chi connectivity index (χ4n) is 6.61. The Morgan fingerprint density at radius 3 is 1.23 bits per heavy atom. The van der Waals surface area contributed by atoms with Crippen molar-refractivity contribution < 1.29 is 26.0 Å². The van der Waals surface area contributed by atoms with Gasteiger partial charge in [0, 0.05) is 0 Å². The largest absolute Gasteiger partial charge is 2.00 e. The summed E-state index contributed by atoms with van der Waals surface area (Å²) in [5.41, 5.74) is 11.5. The van der Waals surface area contributed by atoms with Crippen molar-refractivity contribution in [2.45, 2.75) is 13.8 Å². The molecule has 0 radical (unpaired) electrons. The van der Waals surface area contributed by atoms with Crippen LogP contribution < -0.4 is 19.4 Å². The topological polar surface area (TPSA) is 72.4 Å². The molecule has 0 saturated carbocycles. The molecule has 9 rings (SSSR count). The van der Waals surface area contributed by atoms with E-state index in [0.29, 0.717) is 33.9 Å². The molecule has 0 aliphatic carbocycles. The molecule has 53 heavy (non-hydrogen) atoms. The summed E-state index contributed by atoms with van der Waals surface area (Å²) in [5, 5.41) is 0. The Morgan fingerprint density at radius 2 is 0.774 bits per heavy atom. The van der Waals surface area contributed by atoms with Crippen molar-refractivity contribution in [3.05, 3.63) is 167 Å². The molecule has 0 amide bonds. The molecule has 258 valence electrons. The minimum Gasteiger partial charge on any atom is -0.654 e. The zero-order valence-electron chi connectivity index (χ0n) is 28.9. The zero-order chi connectivity index (χ0) is 35.0. The molecule has 0 saturated heterocycles. The van der Waals surface area contributed by atoms with Gasteiger partial charge in [-0.25, -0.2) is 9.97 Å². The first-order chi connectivity index (χ1) is 25.6. The van der Waals surface area contributed by atoms with E-state index < -0.39 is 0 Å². The SMILES string of the molecule is Cc1ccccc1Oc1c2nc(c(-c3ccccc3)c3ccc([n-]3)c(Oc3ccccc3C)c3ccc([n-]3)c(-c3ccccc3)c3nc1C=C3)C=C2.[Ni+2]. The Kier molecular flexibility index (Phi) is 9.09. The molecule has 6 nitrogen and oxygen atoms in total. The van der Waals surface area contributed by atoms with Gasteiger partial charge < -0.3 is 19.4 Å². The Hall–Kier alpha value is -6.43. The zero-order valence-corrected chi connectivity index (χ0v) is 29.9. The number of para-hydroxylation sites is 2. The number of aromatic nitrogens is 4. The van der Waals surface area contributed by atoms with E-state index in [1.165, 1.54) is 0 Å². The Bertz CT molecular complexity index is 2570. The Balaban J connectivity index is 0.00000400. The van der Waals surface area contributed by atoms with Gasteiger partial charge in [-0.15, -0.1) is 11.0 Å². The molecule has 8 bridgehead atoms. The van der Waals surface area contributed by atoms with Crippen LogP contribution in [0.4, 0.5) is 0 Å². The van der Waals surface area contributed by atoms with E-state index in [1.807, 2.05) is 147 Å². The number of rotatable bonds is 6. The first-order valence-electron chi connectivity index (χ1n) is 17.2. The molecule has 0 N–H and O–H groups in total. The normalized spacial score (nSPS) is 11.7. The minimum atomic E-state index is 0. The standard InChI is InChI=1S/C46H32N4O2.Ni/c1-29-13-9-11-19-41(29)51-45-37-25-21-33(47-37)43(31-15-5-3-6-16-31)35-23-27-39(49-35)46(52-42-20-12-10-14-30(42)2)40-28-24-36(50-40)44(32-17-7-4-8-18-32)34-22-26-38(45)48-34;/h3-28H,1-2H3;/q-2;+2. The van der Waals surface area contributed by atoms with Crippen molar-refractivity contribution in [2.24, 2.45) is 0 Å². The minimum absolute atomic E-state index is 0. The molecule has 2 aliphatic rings.